The zero-order valence-corrected chi connectivity index (χ0v) is 11.6. The van der Waals surface area contributed by atoms with E-state index in [-0.39, 0.29) is 6.03 Å². The summed E-state index contributed by atoms with van der Waals surface area (Å²) < 4.78 is 4.81. The summed E-state index contributed by atoms with van der Waals surface area (Å²) in [7, 11) is 1.57. The molecule has 0 saturated heterocycles. The van der Waals surface area contributed by atoms with Crippen LogP contribution in [0.1, 0.15) is 18.1 Å². The molecule has 0 aliphatic carbocycles. The van der Waals surface area contributed by atoms with Crippen molar-refractivity contribution in [2.75, 3.05) is 26.8 Å². The highest BCUT2D eigenvalue weighted by atomic mass is 35.5. The Kier molecular flexibility index (Phi) is 7.25. The average molecular weight is 287 g/mol. The van der Waals surface area contributed by atoms with Crippen molar-refractivity contribution >= 4 is 17.6 Å². The van der Waals surface area contributed by atoms with Crippen LogP contribution in [-0.2, 0) is 4.74 Å². The monoisotopic (exact) mass is 286 g/mol. The number of ether oxygens (including phenoxy) is 1. The van der Waals surface area contributed by atoms with Crippen LogP contribution in [0.15, 0.2) is 24.3 Å². The summed E-state index contributed by atoms with van der Waals surface area (Å²) >= 11 is 5.84. The van der Waals surface area contributed by atoms with Crippen LogP contribution in [0.5, 0.6) is 0 Å². The molecule has 2 amide bonds. The molecule has 1 atom stereocenters. The van der Waals surface area contributed by atoms with Crippen molar-refractivity contribution in [1.82, 2.24) is 10.6 Å². The third-order valence-corrected chi connectivity index (χ3v) is 2.76. The molecule has 6 heteroatoms. The van der Waals surface area contributed by atoms with Gasteiger partial charge in [-0.3, -0.25) is 0 Å². The Morgan fingerprint density at radius 2 is 2.16 bits per heavy atom. The van der Waals surface area contributed by atoms with Gasteiger partial charge < -0.3 is 20.5 Å². The van der Waals surface area contributed by atoms with Gasteiger partial charge in [0, 0.05) is 25.2 Å². The highest BCUT2D eigenvalue weighted by Gasteiger charge is 2.08. The Bertz CT molecular complexity index is 401. The number of urea groups is 1. The molecular formula is C13H19ClN2O3. The maximum absolute atomic E-state index is 11.3. The van der Waals surface area contributed by atoms with Gasteiger partial charge in [0.25, 0.3) is 0 Å². The number of halogens is 1. The van der Waals surface area contributed by atoms with Crippen LogP contribution < -0.4 is 10.6 Å². The summed E-state index contributed by atoms with van der Waals surface area (Å²) in [6.45, 7) is 1.31. The maximum atomic E-state index is 11.3. The largest absolute Gasteiger partial charge is 0.388 e. The first-order chi connectivity index (χ1) is 9.13. The number of aliphatic hydroxyl groups excluding tert-OH is 1. The predicted molar refractivity (Wildman–Crippen MR) is 74.3 cm³/mol. The second-order valence-electron chi connectivity index (χ2n) is 4.03. The molecule has 0 fully saturated rings. The molecule has 3 N–H and O–H groups in total. The fourth-order valence-corrected chi connectivity index (χ4v) is 1.73. The lowest BCUT2D eigenvalue weighted by Gasteiger charge is -2.12. The first-order valence-corrected chi connectivity index (χ1v) is 6.45. The number of hydrogen-bond acceptors (Lipinski definition) is 3. The number of aliphatic hydroxyl groups is 1. The molecule has 0 heterocycles. The van der Waals surface area contributed by atoms with Gasteiger partial charge >= 0.3 is 6.03 Å². The van der Waals surface area contributed by atoms with E-state index in [0.29, 0.717) is 31.1 Å². The highest BCUT2D eigenvalue weighted by Crippen LogP contribution is 2.19. The fraction of sp³-hybridized carbons (Fsp3) is 0.462. The normalized spacial score (nSPS) is 11.9. The summed E-state index contributed by atoms with van der Waals surface area (Å²) in [5.74, 6) is 0. The van der Waals surface area contributed by atoms with Crippen LogP contribution >= 0.6 is 11.6 Å². The van der Waals surface area contributed by atoms with Gasteiger partial charge in [0.15, 0.2) is 0 Å². The minimum atomic E-state index is -0.641. The van der Waals surface area contributed by atoms with Gasteiger partial charge in [-0.05, 0) is 24.1 Å². The van der Waals surface area contributed by atoms with E-state index < -0.39 is 6.10 Å². The van der Waals surface area contributed by atoms with Crippen LogP contribution in [0, 0.1) is 0 Å². The number of hydrogen-bond donors (Lipinski definition) is 3. The number of carbonyl (C=O) groups is 1. The van der Waals surface area contributed by atoms with Crippen molar-refractivity contribution in [1.29, 1.82) is 0 Å². The number of nitrogens with one attached hydrogen (secondary N) is 2. The van der Waals surface area contributed by atoms with Gasteiger partial charge in [-0.2, -0.15) is 0 Å². The summed E-state index contributed by atoms with van der Waals surface area (Å²) in [5.41, 5.74) is 0.745. The van der Waals surface area contributed by atoms with Crippen molar-refractivity contribution in [2.24, 2.45) is 0 Å². The minimum absolute atomic E-state index is 0.268. The molecule has 1 aromatic carbocycles. The third kappa shape index (κ3) is 6.42. The average Bonchev–Trinajstić information content (AvgIpc) is 2.39. The van der Waals surface area contributed by atoms with Crippen molar-refractivity contribution in [3.8, 4) is 0 Å². The zero-order valence-electron chi connectivity index (χ0n) is 10.9. The molecule has 1 aromatic rings. The molecule has 19 heavy (non-hydrogen) atoms. The number of methoxy groups -OCH3 is 1. The standard InChI is InChI=1S/C13H19ClN2O3/c1-19-8-7-16-13(18)15-6-5-12(17)10-3-2-4-11(14)9-10/h2-4,9,12,17H,5-8H2,1H3,(H2,15,16,18). The summed E-state index contributed by atoms with van der Waals surface area (Å²) in [5, 5.41) is 15.8. The SMILES string of the molecule is COCCNC(=O)NCCC(O)c1cccc(Cl)c1. The smallest absolute Gasteiger partial charge is 0.314 e. The van der Waals surface area contributed by atoms with Gasteiger partial charge in [-0.15, -0.1) is 0 Å². The van der Waals surface area contributed by atoms with Crippen LogP contribution in [0.4, 0.5) is 4.79 Å². The Morgan fingerprint density at radius 3 is 2.84 bits per heavy atom. The van der Waals surface area contributed by atoms with Gasteiger partial charge in [-0.25, -0.2) is 4.79 Å². The lowest BCUT2D eigenvalue weighted by Crippen LogP contribution is -2.38. The lowest BCUT2D eigenvalue weighted by molar-refractivity contribution is 0.166. The van der Waals surface area contributed by atoms with E-state index in [1.165, 1.54) is 0 Å². The van der Waals surface area contributed by atoms with Crippen LogP contribution in [0.25, 0.3) is 0 Å². The quantitative estimate of drug-likeness (QED) is 0.668. The van der Waals surface area contributed by atoms with E-state index in [1.807, 2.05) is 0 Å². The Labute approximate surface area is 117 Å². The molecule has 0 radical (unpaired) electrons. The van der Waals surface area contributed by atoms with Crippen LogP contribution in [-0.4, -0.2) is 37.9 Å². The molecule has 1 unspecified atom stereocenters. The van der Waals surface area contributed by atoms with E-state index in [2.05, 4.69) is 10.6 Å². The first-order valence-electron chi connectivity index (χ1n) is 6.07. The second-order valence-corrected chi connectivity index (χ2v) is 4.47. The van der Waals surface area contributed by atoms with Gasteiger partial charge in [0.2, 0.25) is 0 Å². The zero-order chi connectivity index (χ0) is 14.1. The van der Waals surface area contributed by atoms with Crippen LogP contribution in [0.3, 0.4) is 0 Å². The van der Waals surface area contributed by atoms with Gasteiger partial charge in [-0.1, -0.05) is 23.7 Å². The highest BCUT2D eigenvalue weighted by molar-refractivity contribution is 6.30. The van der Waals surface area contributed by atoms with E-state index in [4.69, 9.17) is 16.3 Å². The van der Waals surface area contributed by atoms with Crippen molar-refractivity contribution in [2.45, 2.75) is 12.5 Å². The molecule has 5 nitrogen and oxygen atoms in total. The van der Waals surface area contributed by atoms with Crippen molar-refractivity contribution in [3.63, 3.8) is 0 Å². The molecule has 106 valence electrons. The molecule has 0 spiro atoms. The third-order valence-electron chi connectivity index (χ3n) is 2.53. The number of carbonyl (C=O) groups excluding carboxylic acids is 1. The molecule has 1 rings (SSSR count). The summed E-state index contributed by atoms with van der Waals surface area (Å²) in [6.07, 6.45) is -0.212. The van der Waals surface area contributed by atoms with Crippen molar-refractivity contribution in [3.05, 3.63) is 34.9 Å². The fourth-order valence-electron chi connectivity index (χ4n) is 1.53. The predicted octanol–water partition coefficient (Wildman–Crippen LogP) is 1.71. The Hall–Kier alpha value is -1.30. The summed E-state index contributed by atoms with van der Waals surface area (Å²) in [6, 6.07) is 6.78. The van der Waals surface area contributed by atoms with E-state index in [1.54, 1.807) is 31.4 Å². The number of amides is 2. The van der Waals surface area contributed by atoms with E-state index in [0.717, 1.165) is 5.56 Å². The Balaban J connectivity index is 2.23. The molecule has 0 aliphatic rings. The minimum Gasteiger partial charge on any atom is -0.388 e. The maximum Gasteiger partial charge on any atom is 0.314 e. The summed E-state index contributed by atoms with van der Waals surface area (Å²) in [4.78, 5) is 11.3. The molecule has 0 bridgehead atoms. The Morgan fingerprint density at radius 1 is 1.42 bits per heavy atom. The topological polar surface area (TPSA) is 70.6 Å². The molecule has 0 saturated carbocycles. The number of rotatable bonds is 7. The molecular weight excluding hydrogens is 268 g/mol. The first kappa shape index (κ1) is 15.8. The second kappa shape index (κ2) is 8.74. The number of benzene rings is 1. The lowest BCUT2D eigenvalue weighted by atomic mass is 10.1. The van der Waals surface area contributed by atoms with E-state index in [9.17, 15) is 9.90 Å². The van der Waals surface area contributed by atoms with Gasteiger partial charge in [0.1, 0.15) is 0 Å². The van der Waals surface area contributed by atoms with E-state index >= 15 is 0 Å². The van der Waals surface area contributed by atoms with Gasteiger partial charge in [0.05, 0.1) is 12.7 Å². The van der Waals surface area contributed by atoms with Crippen molar-refractivity contribution < 1.29 is 14.6 Å². The molecule has 0 aromatic heterocycles. The van der Waals surface area contributed by atoms with Crippen LogP contribution in [0.2, 0.25) is 5.02 Å². The molecule has 0 aliphatic heterocycles.